The summed E-state index contributed by atoms with van der Waals surface area (Å²) in [6, 6.07) is 0. The van der Waals surface area contributed by atoms with Gasteiger partial charge in [-0.1, -0.05) is 6.08 Å². The van der Waals surface area contributed by atoms with Crippen LogP contribution in [0.2, 0.25) is 0 Å². The molecule has 1 unspecified atom stereocenters. The topological polar surface area (TPSA) is 20.3 Å². The third kappa shape index (κ3) is 1.93. The Morgan fingerprint density at radius 2 is 2.08 bits per heavy atom. The van der Waals surface area contributed by atoms with E-state index in [0.717, 1.165) is 24.9 Å². The van der Waals surface area contributed by atoms with Crippen molar-refractivity contribution >= 4 is 5.91 Å². The summed E-state index contributed by atoms with van der Waals surface area (Å²) in [5, 5.41) is 0. The van der Waals surface area contributed by atoms with Gasteiger partial charge in [-0.2, -0.15) is 0 Å². The monoisotopic (exact) mass is 179 g/mol. The summed E-state index contributed by atoms with van der Waals surface area (Å²) in [4.78, 5) is 13.5. The van der Waals surface area contributed by atoms with Crippen molar-refractivity contribution < 1.29 is 4.79 Å². The van der Waals surface area contributed by atoms with Crippen LogP contribution in [0.25, 0.3) is 0 Å². The van der Waals surface area contributed by atoms with E-state index in [1.807, 2.05) is 17.9 Å². The van der Waals surface area contributed by atoms with E-state index in [2.05, 4.69) is 0 Å². The molecule has 1 heterocycles. The molecule has 0 aromatic heterocycles. The molecule has 0 spiro atoms. The van der Waals surface area contributed by atoms with Crippen molar-refractivity contribution in [1.82, 2.24) is 4.90 Å². The van der Waals surface area contributed by atoms with Crippen LogP contribution < -0.4 is 0 Å². The molecule has 0 bridgehead atoms. The van der Waals surface area contributed by atoms with E-state index in [9.17, 15) is 4.79 Å². The van der Waals surface area contributed by atoms with Gasteiger partial charge >= 0.3 is 0 Å². The average Bonchev–Trinajstić information content (AvgIpc) is 2.84. The Balaban J connectivity index is 1.86. The first-order valence-electron chi connectivity index (χ1n) is 5.23. The quantitative estimate of drug-likeness (QED) is 0.592. The fourth-order valence-corrected chi connectivity index (χ4v) is 2.19. The Morgan fingerprint density at radius 1 is 1.31 bits per heavy atom. The maximum Gasteiger partial charge on any atom is 0.246 e. The Bertz CT molecular complexity index is 230. The van der Waals surface area contributed by atoms with Crippen molar-refractivity contribution in [3.63, 3.8) is 0 Å². The molecular formula is C11H17NO. The molecule has 0 radical (unpaired) electrons. The summed E-state index contributed by atoms with van der Waals surface area (Å²) in [7, 11) is 0. The number of amides is 1. The Kier molecular flexibility index (Phi) is 2.38. The minimum Gasteiger partial charge on any atom is -0.339 e. The molecule has 2 rings (SSSR count). The van der Waals surface area contributed by atoms with Crippen molar-refractivity contribution in [2.75, 3.05) is 13.1 Å². The summed E-state index contributed by atoms with van der Waals surface area (Å²) in [6.45, 7) is 3.88. The van der Waals surface area contributed by atoms with Crippen LogP contribution in [0, 0.1) is 11.8 Å². The molecule has 0 aromatic carbocycles. The minimum absolute atomic E-state index is 0.200. The van der Waals surface area contributed by atoms with Gasteiger partial charge in [-0.3, -0.25) is 4.79 Å². The number of likely N-dealkylation sites (tertiary alicyclic amines) is 1. The van der Waals surface area contributed by atoms with Gasteiger partial charge in [-0.25, -0.2) is 0 Å². The molecule has 0 aromatic rings. The molecule has 1 aliphatic heterocycles. The first-order valence-corrected chi connectivity index (χ1v) is 5.23. The van der Waals surface area contributed by atoms with Crippen molar-refractivity contribution in [3.05, 3.63) is 12.2 Å². The molecule has 1 aliphatic carbocycles. The molecular weight excluding hydrogens is 162 g/mol. The standard InChI is InChI=1S/C11H17NO/c1-2-3-11(13)12-7-6-10(8-12)9-4-5-9/h2-3,9-10H,4-8H2,1H3/b3-2+. The van der Waals surface area contributed by atoms with Crippen molar-refractivity contribution in [2.24, 2.45) is 11.8 Å². The predicted molar refractivity (Wildman–Crippen MR) is 52.2 cm³/mol. The van der Waals surface area contributed by atoms with Gasteiger partial charge in [0.2, 0.25) is 5.91 Å². The van der Waals surface area contributed by atoms with Gasteiger partial charge in [0.25, 0.3) is 0 Å². The molecule has 0 N–H and O–H groups in total. The Hall–Kier alpha value is -0.790. The molecule has 1 atom stereocenters. The van der Waals surface area contributed by atoms with Crippen LogP contribution in [-0.4, -0.2) is 23.9 Å². The SMILES string of the molecule is C/C=C/C(=O)N1CCC(C2CC2)C1. The molecule has 2 aliphatic rings. The van der Waals surface area contributed by atoms with Crippen LogP contribution in [0.15, 0.2) is 12.2 Å². The number of carbonyl (C=O) groups is 1. The van der Waals surface area contributed by atoms with Crippen LogP contribution in [0.3, 0.4) is 0 Å². The van der Waals surface area contributed by atoms with E-state index in [4.69, 9.17) is 0 Å². The highest BCUT2D eigenvalue weighted by atomic mass is 16.2. The van der Waals surface area contributed by atoms with Gasteiger partial charge in [0.05, 0.1) is 0 Å². The maximum absolute atomic E-state index is 11.5. The second kappa shape index (κ2) is 3.52. The molecule has 1 saturated heterocycles. The Morgan fingerprint density at radius 3 is 2.69 bits per heavy atom. The highest BCUT2D eigenvalue weighted by molar-refractivity contribution is 5.87. The number of carbonyl (C=O) groups excluding carboxylic acids is 1. The van der Waals surface area contributed by atoms with Crippen molar-refractivity contribution in [1.29, 1.82) is 0 Å². The van der Waals surface area contributed by atoms with E-state index >= 15 is 0 Å². The zero-order valence-corrected chi connectivity index (χ0v) is 8.20. The van der Waals surface area contributed by atoms with E-state index in [1.165, 1.54) is 19.3 Å². The zero-order chi connectivity index (χ0) is 9.26. The number of hydrogen-bond acceptors (Lipinski definition) is 1. The molecule has 72 valence electrons. The molecule has 2 heteroatoms. The summed E-state index contributed by atoms with van der Waals surface area (Å²) < 4.78 is 0. The molecule has 2 nitrogen and oxygen atoms in total. The molecule has 1 saturated carbocycles. The van der Waals surface area contributed by atoms with Gasteiger partial charge in [0.15, 0.2) is 0 Å². The fraction of sp³-hybridized carbons (Fsp3) is 0.727. The van der Waals surface area contributed by atoms with Crippen LogP contribution >= 0.6 is 0 Å². The van der Waals surface area contributed by atoms with Gasteiger partial charge < -0.3 is 4.90 Å². The van der Waals surface area contributed by atoms with E-state index < -0.39 is 0 Å². The van der Waals surface area contributed by atoms with Gasteiger partial charge in [0.1, 0.15) is 0 Å². The molecule has 2 fully saturated rings. The second-order valence-corrected chi connectivity index (χ2v) is 4.17. The van der Waals surface area contributed by atoms with Gasteiger partial charge in [-0.05, 0) is 44.1 Å². The number of hydrogen-bond donors (Lipinski definition) is 0. The summed E-state index contributed by atoms with van der Waals surface area (Å²) in [5.41, 5.74) is 0. The van der Waals surface area contributed by atoms with Crippen molar-refractivity contribution in [2.45, 2.75) is 26.2 Å². The normalized spacial score (nSPS) is 28.7. The third-order valence-electron chi connectivity index (χ3n) is 3.13. The molecule has 13 heavy (non-hydrogen) atoms. The largest absolute Gasteiger partial charge is 0.339 e. The lowest BCUT2D eigenvalue weighted by Crippen LogP contribution is -2.27. The van der Waals surface area contributed by atoms with Crippen molar-refractivity contribution in [3.8, 4) is 0 Å². The van der Waals surface area contributed by atoms with Crippen LogP contribution in [0.1, 0.15) is 26.2 Å². The lowest BCUT2D eigenvalue weighted by molar-refractivity contribution is -0.125. The highest BCUT2D eigenvalue weighted by Gasteiger charge is 2.36. The van der Waals surface area contributed by atoms with E-state index in [-0.39, 0.29) is 5.91 Å². The van der Waals surface area contributed by atoms with Crippen LogP contribution in [-0.2, 0) is 4.79 Å². The highest BCUT2D eigenvalue weighted by Crippen LogP contribution is 2.41. The first-order chi connectivity index (χ1) is 6.31. The Labute approximate surface area is 79.6 Å². The van der Waals surface area contributed by atoms with E-state index in [0.29, 0.717) is 0 Å². The predicted octanol–water partition coefficient (Wildman–Crippen LogP) is 1.82. The lowest BCUT2D eigenvalue weighted by Gasteiger charge is -2.13. The number of rotatable bonds is 2. The summed E-state index contributed by atoms with van der Waals surface area (Å²) >= 11 is 0. The minimum atomic E-state index is 0.200. The summed E-state index contributed by atoms with van der Waals surface area (Å²) in [6.07, 6.45) is 7.53. The number of allylic oxidation sites excluding steroid dienone is 1. The number of nitrogens with zero attached hydrogens (tertiary/aromatic N) is 1. The van der Waals surface area contributed by atoms with Crippen LogP contribution in [0.5, 0.6) is 0 Å². The smallest absolute Gasteiger partial charge is 0.246 e. The fourth-order valence-electron chi connectivity index (χ4n) is 2.19. The maximum atomic E-state index is 11.5. The van der Waals surface area contributed by atoms with E-state index in [1.54, 1.807) is 6.08 Å². The van der Waals surface area contributed by atoms with Gasteiger partial charge in [-0.15, -0.1) is 0 Å². The second-order valence-electron chi connectivity index (χ2n) is 4.17. The average molecular weight is 179 g/mol. The summed E-state index contributed by atoms with van der Waals surface area (Å²) in [5.74, 6) is 1.96. The third-order valence-corrected chi connectivity index (χ3v) is 3.13. The zero-order valence-electron chi connectivity index (χ0n) is 8.20. The van der Waals surface area contributed by atoms with Gasteiger partial charge in [0, 0.05) is 13.1 Å². The molecule has 1 amide bonds. The first kappa shape index (κ1) is 8.79. The van der Waals surface area contributed by atoms with Crippen LogP contribution in [0.4, 0.5) is 0 Å². The lowest BCUT2D eigenvalue weighted by atomic mass is 10.0.